The molecule has 0 atom stereocenters. The molecule has 0 spiro atoms. The second-order valence-electron chi connectivity index (χ2n) is 0.165. The highest BCUT2D eigenvalue weighted by atomic mass is 16.2. The largest absolute Gasteiger partial charge is 0.373 e. The quantitative estimate of drug-likeness (QED) is 0.317. The first-order valence-corrected chi connectivity index (χ1v) is 0.791. The van der Waals surface area contributed by atoms with Crippen molar-refractivity contribution in [3.05, 3.63) is 10.4 Å². The lowest BCUT2D eigenvalue weighted by Gasteiger charge is -0.999. The normalized spacial score (nSPS) is 2.29. The van der Waals surface area contributed by atoms with Gasteiger partial charge in [0.1, 0.15) is 4.97 Å². The van der Waals surface area contributed by atoms with Crippen molar-refractivity contribution >= 4 is 6.15 Å². The van der Waals surface area contributed by atoms with Gasteiger partial charge in [-0.25, -0.2) is 0 Å². The monoisotopic (exact) mass is 104 g/mol. The van der Waals surface area contributed by atoms with Crippen LogP contribution in [0.25, 0.3) is 5.53 Å². The first kappa shape index (κ1) is 17.3. The van der Waals surface area contributed by atoms with Gasteiger partial charge in [-0.2, -0.15) is 9.59 Å². The summed E-state index contributed by atoms with van der Waals surface area (Å²) in [6.07, 6.45) is 0.250. The van der Waals surface area contributed by atoms with Gasteiger partial charge in [0, 0.05) is 0 Å². The summed E-state index contributed by atoms with van der Waals surface area (Å²) in [6, 6.07) is 0. The molecule has 0 aromatic heterocycles. The van der Waals surface area contributed by atoms with E-state index in [1.807, 2.05) is 0 Å². The molecule has 0 heterocycles. The van der Waals surface area contributed by atoms with E-state index in [1.54, 1.807) is 0 Å². The molecule has 0 amide bonds. The van der Waals surface area contributed by atoms with Crippen LogP contribution >= 0.6 is 0 Å². The van der Waals surface area contributed by atoms with E-state index in [0.717, 1.165) is 0 Å². The zero-order valence-corrected chi connectivity index (χ0v) is 2.62. The van der Waals surface area contributed by atoms with Gasteiger partial charge in [0.05, 0.1) is 0 Å². The molecular formula is C2H4N2O3. The second-order valence-corrected chi connectivity index (χ2v) is 0.165. The topological polar surface area (TPSA) is 87.6 Å². The Morgan fingerprint density at radius 1 is 1.43 bits per heavy atom. The van der Waals surface area contributed by atoms with Crippen molar-refractivity contribution in [1.29, 1.82) is 0 Å². The fourth-order valence-corrected chi connectivity index (χ4v) is 0. The van der Waals surface area contributed by atoms with Crippen molar-refractivity contribution < 1.29 is 9.59 Å². The summed E-state index contributed by atoms with van der Waals surface area (Å²) in [5.41, 5.74) is 6.64. The number of nitroso groups, excluding NO2 is 1. The standard InChI is InChI=1S/CO2.CH4.N2O/c2-1-3;;1-2-3/h;1H4;. The van der Waals surface area contributed by atoms with Crippen LogP contribution in [0.5, 0.6) is 0 Å². The van der Waals surface area contributed by atoms with Crippen LogP contribution in [-0.4, -0.2) is 6.15 Å². The lowest BCUT2D eigenvalue weighted by molar-refractivity contribution is -0.191. The SMILES string of the molecule is C.O=C=O.[N-]=[N+]=O. The summed E-state index contributed by atoms with van der Waals surface area (Å²) in [5.74, 6) is 0. The van der Waals surface area contributed by atoms with E-state index in [-0.39, 0.29) is 13.6 Å². The molecule has 5 nitrogen and oxygen atoms in total. The highest BCUT2D eigenvalue weighted by Gasteiger charge is 1.13. The van der Waals surface area contributed by atoms with Crippen LogP contribution in [0.1, 0.15) is 7.43 Å². The molecule has 0 saturated carbocycles. The van der Waals surface area contributed by atoms with E-state index in [4.69, 9.17) is 20.0 Å². The minimum Gasteiger partial charge on any atom is -0.294 e. The minimum absolute atomic E-state index is 0. The Balaban J connectivity index is -0.0000000400. The van der Waals surface area contributed by atoms with E-state index in [9.17, 15) is 0 Å². The highest BCUT2D eigenvalue weighted by molar-refractivity contribution is 5.20. The third-order valence-electron chi connectivity index (χ3n) is 0. The van der Waals surface area contributed by atoms with Crippen molar-refractivity contribution in [1.82, 2.24) is 4.97 Å². The Bertz CT molecular complexity index is 64.9. The molecule has 0 aliphatic carbocycles. The fraction of sp³-hybridized carbons (Fsp3) is 0.500. The molecule has 40 valence electrons. The molecular weight excluding hydrogens is 100 g/mol. The smallest absolute Gasteiger partial charge is 0.294 e. The molecule has 0 aromatic rings. The van der Waals surface area contributed by atoms with E-state index in [2.05, 4.69) is 0 Å². The summed E-state index contributed by atoms with van der Waals surface area (Å²) >= 11 is 0. The zero-order chi connectivity index (χ0) is 5.41. The van der Waals surface area contributed by atoms with E-state index < -0.39 is 0 Å². The first-order valence-electron chi connectivity index (χ1n) is 0.791. The van der Waals surface area contributed by atoms with Crippen LogP contribution in [0.4, 0.5) is 0 Å². The summed E-state index contributed by atoms with van der Waals surface area (Å²) < 4.78 is 0. The molecule has 0 aliphatic heterocycles. The van der Waals surface area contributed by atoms with Crippen molar-refractivity contribution in [2.24, 2.45) is 0 Å². The average molecular weight is 104 g/mol. The maximum Gasteiger partial charge on any atom is 0.373 e. The third-order valence-corrected chi connectivity index (χ3v) is 0. The van der Waals surface area contributed by atoms with Gasteiger partial charge in [-0.15, -0.1) is 0 Å². The van der Waals surface area contributed by atoms with Gasteiger partial charge in [0.15, 0.2) is 4.91 Å². The number of hydrogen-bond acceptors (Lipinski definition) is 3. The highest BCUT2D eigenvalue weighted by Crippen LogP contribution is 0.906. The molecule has 0 saturated heterocycles. The lowest BCUT2D eigenvalue weighted by Crippen LogP contribution is -1.22. The Labute approximate surface area is 39.8 Å². The van der Waals surface area contributed by atoms with Crippen molar-refractivity contribution in [3.8, 4) is 0 Å². The number of nitrogens with zero attached hydrogens (tertiary/aromatic N) is 2. The molecule has 0 radical (unpaired) electrons. The fourth-order valence-electron chi connectivity index (χ4n) is 0. The molecule has 0 unspecified atom stereocenters. The predicted octanol–water partition coefficient (Wildman–Crippen LogP) is -0.106. The van der Waals surface area contributed by atoms with Crippen LogP contribution in [-0.2, 0) is 9.59 Å². The summed E-state index contributed by atoms with van der Waals surface area (Å²) in [7, 11) is 0. The first-order chi connectivity index (χ1) is 2.83. The Kier molecular flexibility index (Phi) is 331. The molecule has 0 N–H and O–H groups in total. The maximum atomic E-state index is 8.12. The summed E-state index contributed by atoms with van der Waals surface area (Å²) in [4.78, 5) is 25.6. The third kappa shape index (κ3) is 19.8. The van der Waals surface area contributed by atoms with Crippen molar-refractivity contribution in [3.63, 3.8) is 0 Å². The van der Waals surface area contributed by atoms with E-state index in [1.165, 1.54) is 4.97 Å². The van der Waals surface area contributed by atoms with E-state index in [0.29, 0.717) is 0 Å². The zero-order valence-electron chi connectivity index (χ0n) is 2.62. The number of carbonyl (C=O) groups excluding carboxylic acids is 2. The Hall–Kier alpha value is -1.31. The summed E-state index contributed by atoms with van der Waals surface area (Å²) in [6.45, 7) is 0. The predicted molar refractivity (Wildman–Crippen MR) is 20.6 cm³/mol. The maximum absolute atomic E-state index is 8.12. The van der Waals surface area contributed by atoms with Gasteiger partial charge in [-0.3, -0.25) is 5.53 Å². The minimum atomic E-state index is 0. The molecule has 0 bridgehead atoms. The molecule has 0 aliphatic rings. The van der Waals surface area contributed by atoms with Crippen molar-refractivity contribution in [2.75, 3.05) is 0 Å². The number of rotatable bonds is 0. The molecule has 7 heavy (non-hydrogen) atoms. The van der Waals surface area contributed by atoms with E-state index >= 15 is 0 Å². The van der Waals surface area contributed by atoms with Crippen LogP contribution < -0.4 is 4.97 Å². The van der Waals surface area contributed by atoms with Crippen molar-refractivity contribution in [2.45, 2.75) is 7.43 Å². The van der Waals surface area contributed by atoms with Gasteiger partial charge < -0.3 is 0 Å². The second kappa shape index (κ2) is 134. The van der Waals surface area contributed by atoms with Gasteiger partial charge in [0.25, 0.3) is 0 Å². The summed E-state index contributed by atoms with van der Waals surface area (Å²) in [5, 5.41) is 0. The average Bonchev–Trinajstić information content (AvgIpc) is 1.39. The van der Waals surface area contributed by atoms with Gasteiger partial charge in [-0.05, 0) is 0 Å². The van der Waals surface area contributed by atoms with Crippen LogP contribution in [0.3, 0.4) is 0 Å². The van der Waals surface area contributed by atoms with Crippen LogP contribution in [0.15, 0.2) is 0 Å². The molecule has 0 rings (SSSR count). The molecule has 0 aromatic carbocycles. The van der Waals surface area contributed by atoms with Gasteiger partial charge in [0.2, 0.25) is 0 Å². The van der Waals surface area contributed by atoms with Gasteiger partial charge >= 0.3 is 6.15 Å². The number of hydrogen-bond donors (Lipinski definition) is 0. The Morgan fingerprint density at radius 3 is 1.43 bits per heavy atom. The molecule has 0 fully saturated rings. The Morgan fingerprint density at radius 2 is 1.43 bits per heavy atom. The van der Waals surface area contributed by atoms with Crippen LogP contribution in [0.2, 0.25) is 0 Å². The van der Waals surface area contributed by atoms with Gasteiger partial charge in [-0.1, -0.05) is 7.43 Å². The lowest BCUT2D eigenvalue weighted by atomic mass is 11.8. The van der Waals surface area contributed by atoms with Crippen LogP contribution in [0, 0.1) is 4.91 Å². The molecule has 5 heteroatoms.